The lowest BCUT2D eigenvalue weighted by Gasteiger charge is -2.31. The minimum absolute atomic E-state index is 0.189. The number of thiophene rings is 1. The van der Waals surface area contributed by atoms with Crippen molar-refractivity contribution in [3.8, 4) is 11.1 Å². The number of piperidine rings is 1. The van der Waals surface area contributed by atoms with Gasteiger partial charge in [0.2, 0.25) is 10.0 Å². The molecule has 0 atom stereocenters. The molecule has 1 aromatic carbocycles. The van der Waals surface area contributed by atoms with E-state index in [-0.39, 0.29) is 11.7 Å². The lowest BCUT2D eigenvalue weighted by atomic mass is 9.88. The van der Waals surface area contributed by atoms with Crippen molar-refractivity contribution < 1.29 is 13.2 Å². The second-order valence-electron chi connectivity index (χ2n) is 8.71. The average molecular weight is 475 g/mol. The predicted molar refractivity (Wildman–Crippen MR) is 131 cm³/mol. The standard InChI is InChI=1S/C23H30N4O3S2/c1-26(2)7-3-11-32(29,30)27-8-4-16(5-9-27)21-14-25-22-19(21)12-18(13-20(22)23(24)28)17-6-10-31-15-17/h6,10,12-16,25H,3-5,7-9,11H2,1-2H3,(H2,24,28). The fourth-order valence-electron chi connectivity index (χ4n) is 4.52. The second kappa shape index (κ2) is 9.35. The van der Waals surface area contributed by atoms with Crippen LogP contribution in [0.3, 0.4) is 0 Å². The molecule has 0 bridgehead atoms. The van der Waals surface area contributed by atoms with Gasteiger partial charge < -0.3 is 15.6 Å². The first-order valence-electron chi connectivity index (χ1n) is 10.9. The number of hydrogen-bond donors (Lipinski definition) is 2. The van der Waals surface area contributed by atoms with Gasteiger partial charge in [0.05, 0.1) is 16.8 Å². The maximum atomic E-state index is 12.7. The third kappa shape index (κ3) is 4.76. The van der Waals surface area contributed by atoms with Crippen LogP contribution in [-0.4, -0.2) is 68.0 Å². The number of primary amides is 1. The highest BCUT2D eigenvalue weighted by Gasteiger charge is 2.30. The monoisotopic (exact) mass is 474 g/mol. The zero-order chi connectivity index (χ0) is 22.9. The van der Waals surface area contributed by atoms with Gasteiger partial charge >= 0.3 is 0 Å². The van der Waals surface area contributed by atoms with Crippen molar-refractivity contribution in [2.45, 2.75) is 25.2 Å². The van der Waals surface area contributed by atoms with Gasteiger partial charge in [-0.05, 0) is 91.5 Å². The zero-order valence-electron chi connectivity index (χ0n) is 18.5. The summed E-state index contributed by atoms with van der Waals surface area (Å²) in [6.45, 7) is 1.81. The Morgan fingerprint density at radius 3 is 2.62 bits per heavy atom. The van der Waals surface area contributed by atoms with Crippen LogP contribution in [0.5, 0.6) is 0 Å². The lowest BCUT2D eigenvalue weighted by molar-refractivity contribution is 0.100. The molecule has 3 heterocycles. The number of nitrogens with one attached hydrogen (secondary N) is 1. The molecule has 4 rings (SSSR count). The van der Waals surface area contributed by atoms with Gasteiger partial charge in [-0.25, -0.2) is 12.7 Å². The Hall–Kier alpha value is -2.20. The molecule has 172 valence electrons. The summed E-state index contributed by atoms with van der Waals surface area (Å²) in [5.74, 6) is -0.0379. The van der Waals surface area contributed by atoms with Crippen LogP contribution in [0.15, 0.2) is 35.2 Å². The van der Waals surface area contributed by atoms with Crippen LogP contribution in [0.1, 0.15) is 41.1 Å². The Morgan fingerprint density at radius 1 is 1.25 bits per heavy atom. The van der Waals surface area contributed by atoms with Gasteiger partial charge in [-0.15, -0.1) is 0 Å². The Morgan fingerprint density at radius 2 is 2.00 bits per heavy atom. The maximum Gasteiger partial charge on any atom is 0.250 e. The fourth-order valence-corrected chi connectivity index (χ4v) is 6.70. The van der Waals surface area contributed by atoms with Crippen LogP contribution in [0.2, 0.25) is 0 Å². The summed E-state index contributed by atoms with van der Waals surface area (Å²) < 4.78 is 27.1. The van der Waals surface area contributed by atoms with E-state index in [1.54, 1.807) is 15.6 Å². The molecule has 2 aromatic heterocycles. The Kier molecular flexibility index (Phi) is 6.71. The molecule has 3 N–H and O–H groups in total. The van der Waals surface area contributed by atoms with Crippen LogP contribution in [0, 0.1) is 0 Å². The SMILES string of the molecule is CN(C)CCCS(=O)(=O)N1CCC(c2c[nH]c3c(C(N)=O)cc(-c4ccsc4)cc23)CC1. The van der Waals surface area contributed by atoms with Crippen molar-refractivity contribution >= 4 is 38.2 Å². The Labute approximate surface area is 193 Å². The smallest absolute Gasteiger partial charge is 0.250 e. The van der Waals surface area contributed by atoms with Crippen molar-refractivity contribution in [2.75, 3.05) is 39.5 Å². The Balaban J connectivity index is 1.56. The first-order valence-corrected chi connectivity index (χ1v) is 13.4. The van der Waals surface area contributed by atoms with Crippen LogP contribution in [0.4, 0.5) is 0 Å². The van der Waals surface area contributed by atoms with Gasteiger partial charge in [-0.2, -0.15) is 11.3 Å². The molecular formula is C23H30N4O3S2. The molecule has 0 unspecified atom stereocenters. The topological polar surface area (TPSA) is 99.5 Å². The van der Waals surface area contributed by atoms with Crippen molar-refractivity contribution in [3.05, 3.63) is 46.3 Å². The molecule has 3 aromatic rings. The summed E-state index contributed by atoms with van der Waals surface area (Å²) in [5, 5.41) is 5.06. The summed E-state index contributed by atoms with van der Waals surface area (Å²) >= 11 is 1.61. The first kappa shape index (κ1) is 23.0. The normalized spacial score (nSPS) is 16.2. The van der Waals surface area contributed by atoms with Crippen molar-refractivity contribution in [1.29, 1.82) is 0 Å². The highest BCUT2D eigenvalue weighted by Crippen LogP contribution is 2.37. The van der Waals surface area contributed by atoms with Crippen molar-refractivity contribution in [3.63, 3.8) is 0 Å². The molecule has 9 heteroatoms. The Bertz CT molecular complexity index is 1190. The lowest BCUT2D eigenvalue weighted by Crippen LogP contribution is -2.39. The molecule has 1 amide bonds. The van der Waals surface area contributed by atoms with Crippen LogP contribution >= 0.6 is 11.3 Å². The number of carbonyl (C=O) groups excluding carboxylic acids is 1. The quantitative estimate of drug-likeness (QED) is 0.522. The second-order valence-corrected chi connectivity index (χ2v) is 11.6. The van der Waals surface area contributed by atoms with Gasteiger partial charge in [-0.1, -0.05) is 0 Å². The van der Waals surface area contributed by atoms with Crippen LogP contribution < -0.4 is 5.73 Å². The molecule has 32 heavy (non-hydrogen) atoms. The largest absolute Gasteiger partial charge is 0.366 e. The third-order valence-electron chi connectivity index (χ3n) is 6.24. The highest BCUT2D eigenvalue weighted by molar-refractivity contribution is 7.89. The number of sulfonamides is 1. The zero-order valence-corrected chi connectivity index (χ0v) is 20.1. The summed E-state index contributed by atoms with van der Waals surface area (Å²) in [6.07, 6.45) is 4.11. The van der Waals surface area contributed by atoms with E-state index >= 15 is 0 Å². The van der Waals surface area contributed by atoms with Gasteiger partial charge in [0.25, 0.3) is 5.91 Å². The van der Waals surface area contributed by atoms with Gasteiger partial charge in [-0.3, -0.25) is 4.79 Å². The minimum Gasteiger partial charge on any atom is -0.366 e. The number of nitrogens with zero attached hydrogens (tertiary/aromatic N) is 2. The van der Waals surface area contributed by atoms with E-state index in [2.05, 4.69) is 16.4 Å². The highest BCUT2D eigenvalue weighted by atomic mass is 32.2. The van der Waals surface area contributed by atoms with Crippen LogP contribution in [0.25, 0.3) is 22.0 Å². The van der Waals surface area contributed by atoms with E-state index in [4.69, 9.17) is 5.73 Å². The minimum atomic E-state index is -3.23. The molecule has 0 saturated carbocycles. The average Bonchev–Trinajstić information content (AvgIpc) is 3.42. The number of rotatable bonds is 8. The number of aromatic nitrogens is 1. The molecule has 7 nitrogen and oxygen atoms in total. The number of amides is 1. The molecular weight excluding hydrogens is 444 g/mol. The molecule has 0 radical (unpaired) electrons. The predicted octanol–water partition coefficient (Wildman–Crippen LogP) is 3.46. The molecule has 0 spiro atoms. The molecule has 1 saturated heterocycles. The van der Waals surface area contributed by atoms with Gasteiger partial charge in [0, 0.05) is 24.7 Å². The number of nitrogens with two attached hydrogens (primary N) is 1. The summed E-state index contributed by atoms with van der Waals surface area (Å²) in [7, 11) is 0.673. The summed E-state index contributed by atoms with van der Waals surface area (Å²) in [4.78, 5) is 17.4. The molecule has 0 aliphatic carbocycles. The summed E-state index contributed by atoms with van der Waals surface area (Å²) in [5.41, 5.74) is 10.1. The van der Waals surface area contributed by atoms with Crippen molar-refractivity contribution in [1.82, 2.24) is 14.2 Å². The van der Waals surface area contributed by atoms with Crippen LogP contribution in [-0.2, 0) is 10.0 Å². The maximum absolute atomic E-state index is 12.7. The van der Waals surface area contributed by atoms with E-state index in [9.17, 15) is 13.2 Å². The molecule has 1 aliphatic heterocycles. The molecule has 1 fully saturated rings. The van der Waals surface area contributed by atoms with E-state index in [1.807, 2.05) is 42.7 Å². The van der Waals surface area contributed by atoms with Gasteiger partial charge in [0.1, 0.15) is 0 Å². The number of hydrogen-bond acceptors (Lipinski definition) is 5. The molecule has 1 aliphatic rings. The number of carbonyl (C=O) groups is 1. The number of fused-ring (bicyclic) bond motifs is 1. The third-order valence-corrected chi connectivity index (χ3v) is 8.88. The van der Waals surface area contributed by atoms with Gasteiger partial charge in [0.15, 0.2) is 0 Å². The van der Waals surface area contributed by atoms with E-state index in [0.717, 1.165) is 47.0 Å². The summed E-state index contributed by atoms with van der Waals surface area (Å²) in [6, 6.07) is 5.98. The first-order chi connectivity index (χ1) is 15.3. The van der Waals surface area contributed by atoms with E-state index < -0.39 is 15.9 Å². The number of aromatic amines is 1. The fraction of sp³-hybridized carbons (Fsp3) is 0.435. The van der Waals surface area contributed by atoms with E-state index in [1.165, 1.54) is 0 Å². The number of H-pyrrole nitrogens is 1. The van der Waals surface area contributed by atoms with E-state index in [0.29, 0.717) is 25.1 Å². The van der Waals surface area contributed by atoms with Crippen molar-refractivity contribution in [2.24, 2.45) is 5.73 Å². The number of benzene rings is 1.